The van der Waals surface area contributed by atoms with Gasteiger partial charge < -0.3 is 5.32 Å². The number of pyridine rings is 1. The van der Waals surface area contributed by atoms with E-state index < -0.39 is 5.82 Å². The van der Waals surface area contributed by atoms with Gasteiger partial charge in [0.2, 0.25) is 0 Å². The van der Waals surface area contributed by atoms with Crippen LogP contribution in [0.1, 0.15) is 28.9 Å². The van der Waals surface area contributed by atoms with Crippen molar-refractivity contribution in [3.05, 3.63) is 96.6 Å². The van der Waals surface area contributed by atoms with Crippen molar-refractivity contribution in [2.75, 3.05) is 0 Å². The van der Waals surface area contributed by atoms with Crippen LogP contribution in [-0.4, -0.2) is 25.7 Å². The maximum Gasteiger partial charge on any atom is 0.251 e. The molecule has 0 radical (unpaired) electrons. The lowest BCUT2D eigenvalue weighted by molar-refractivity contribution is 0.0939. The van der Waals surface area contributed by atoms with Crippen LogP contribution in [-0.2, 0) is 0 Å². The molecule has 6 nitrogen and oxygen atoms in total. The second-order valence-corrected chi connectivity index (χ2v) is 6.57. The zero-order valence-corrected chi connectivity index (χ0v) is 15.7. The van der Waals surface area contributed by atoms with Crippen LogP contribution in [0.25, 0.3) is 16.8 Å². The largest absolute Gasteiger partial charge is 0.346 e. The van der Waals surface area contributed by atoms with Crippen LogP contribution in [0.3, 0.4) is 0 Å². The van der Waals surface area contributed by atoms with Gasteiger partial charge in [-0.15, -0.1) is 0 Å². The smallest absolute Gasteiger partial charge is 0.251 e. The number of nitrogens with zero attached hydrogens (tertiary/aromatic N) is 4. The summed E-state index contributed by atoms with van der Waals surface area (Å²) in [6, 6.07) is 15.8. The number of halogens is 1. The Morgan fingerprint density at radius 1 is 1.07 bits per heavy atom. The van der Waals surface area contributed by atoms with Crippen LogP contribution in [0.2, 0.25) is 0 Å². The molecule has 1 N–H and O–H groups in total. The summed E-state index contributed by atoms with van der Waals surface area (Å²) >= 11 is 0. The highest BCUT2D eigenvalue weighted by Crippen LogP contribution is 2.22. The summed E-state index contributed by atoms with van der Waals surface area (Å²) in [5.74, 6) is -0.894. The van der Waals surface area contributed by atoms with Crippen molar-refractivity contribution in [2.24, 2.45) is 0 Å². The Bertz CT molecular complexity index is 1110. The number of carbonyl (C=O) groups excluding carboxylic acids is 1. The minimum Gasteiger partial charge on any atom is -0.346 e. The average Bonchev–Trinajstić information content (AvgIpc) is 3.29. The van der Waals surface area contributed by atoms with E-state index in [9.17, 15) is 9.18 Å². The van der Waals surface area contributed by atoms with Crippen molar-refractivity contribution in [1.29, 1.82) is 0 Å². The van der Waals surface area contributed by atoms with Gasteiger partial charge in [0.1, 0.15) is 24.2 Å². The third-order valence-corrected chi connectivity index (χ3v) is 4.63. The molecule has 0 aliphatic carbocycles. The second-order valence-electron chi connectivity index (χ2n) is 6.57. The molecule has 2 aromatic carbocycles. The fourth-order valence-electron chi connectivity index (χ4n) is 3.03. The third-order valence-electron chi connectivity index (χ3n) is 4.63. The summed E-state index contributed by atoms with van der Waals surface area (Å²) in [4.78, 5) is 20.5. The molecular weight excluding hydrogens is 369 g/mol. The highest BCUT2D eigenvalue weighted by atomic mass is 19.1. The van der Waals surface area contributed by atoms with E-state index in [2.05, 4.69) is 20.4 Å². The number of rotatable bonds is 5. The summed E-state index contributed by atoms with van der Waals surface area (Å²) in [5, 5.41) is 6.80. The molecule has 1 amide bonds. The van der Waals surface area contributed by atoms with Crippen LogP contribution < -0.4 is 5.32 Å². The molecule has 1 unspecified atom stereocenters. The highest BCUT2D eigenvalue weighted by Gasteiger charge is 2.14. The fourth-order valence-corrected chi connectivity index (χ4v) is 3.03. The van der Waals surface area contributed by atoms with Crippen molar-refractivity contribution in [1.82, 2.24) is 25.1 Å². The minimum absolute atomic E-state index is 0.233. The van der Waals surface area contributed by atoms with Gasteiger partial charge in [-0.2, -0.15) is 5.10 Å². The number of hydrogen-bond donors (Lipinski definition) is 1. The van der Waals surface area contributed by atoms with Crippen molar-refractivity contribution in [3.63, 3.8) is 0 Å². The molecule has 0 saturated carbocycles. The van der Waals surface area contributed by atoms with Crippen molar-refractivity contribution >= 4 is 5.91 Å². The van der Waals surface area contributed by atoms with Crippen LogP contribution in [0.5, 0.6) is 0 Å². The first-order chi connectivity index (χ1) is 14.1. The van der Waals surface area contributed by atoms with Gasteiger partial charge in [-0.05, 0) is 47.9 Å². The Kier molecular flexibility index (Phi) is 5.11. The first-order valence-electron chi connectivity index (χ1n) is 9.07. The maximum absolute atomic E-state index is 14.4. The molecule has 0 saturated heterocycles. The molecule has 7 heteroatoms. The van der Waals surface area contributed by atoms with E-state index in [0.29, 0.717) is 0 Å². The lowest BCUT2D eigenvalue weighted by atomic mass is 10.0. The molecular formula is C22H18FN5O. The lowest BCUT2D eigenvalue weighted by Crippen LogP contribution is -2.26. The summed E-state index contributed by atoms with van der Waals surface area (Å²) in [5.41, 5.74) is 3.50. The normalized spacial score (nSPS) is 11.8. The number of carbonyl (C=O) groups is 1. The molecule has 29 heavy (non-hydrogen) atoms. The van der Waals surface area contributed by atoms with E-state index in [1.165, 1.54) is 29.5 Å². The van der Waals surface area contributed by atoms with Gasteiger partial charge in [0.25, 0.3) is 5.91 Å². The van der Waals surface area contributed by atoms with Crippen LogP contribution in [0.15, 0.2) is 79.6 Å². The van der Waals surface area contributed by atoms with Crippen LogP contribution in [0.4, 0.5) is 4.39 Å². The van der Waals surface area contributed by atoms with E-state index in [4.69, 9.17) is 0 Å². The standard InChI is InChI=1S/C22H18FN5O/c1-15(16-4-6-17(7-5-16)19-3-2-10-24-12-19)27-22(29)18-8-9-21(20(23)11-18)28-14-25-13-26-28/h2-15H,1H3,(H,27,29). The van der Waals surface area contributed by atoms with Gasteiger partial charge in [0.05, 0.1) is 6.04 Å². The molecule has 0 fully saturated rings. The molecule has 2 aromatic heterocycles. The number of aromatic nitrogens is 4. The quantitative estimate of drug-likeness (QED) is 0.563. The third kappa shape index (κ3) is 4.03. The minimum atomic E-state index is -0.545. The molecule has 0 spiro atoms. The monoisotopic (exact) mass is 387 g/mol. The van der Waals surface area contributed by atoms with Gasteiger partial charge in [0.15, 0.2) is 0 Å². The Balaban J connectivity index is 1.46. The van der Waals surface area contributed by atoms with Crippen LogP contribution >= 0.6 is 0 Å². The van der Waals surface area contributed by atoms with E-state index in [0.717, 1.165) is 16.7 Å². The second kappa shape index (κ2) is 8.02. The summed E-state index contributed by atoms with van der Waals surface area (Å²) in [6.07, 6.45) is 6.26. The topological polar surface area (TPSA) is 72.7 Å². The van der Waals surface area contributed by atoms with E-state index in [-0.39, 0.29) is 23.2 Å². The Morgan fingerprint density at radius 3 is 2.55 bits per heavy atom. The van der Waals surface area contributed by atoms with E-state index >= 15 is 0 Å². The van der Waals surface area contributed by atoms with E-state index in [1.807, 2.05) is 43.3 Å². The van der Waals surface area contributed by atoms with Crippen LogP contribution in [0, 0.1) is 5.82 Å². The Hall–Kier alpha value is -3.87. The average molecular weight is 387 g/mol. The molecule has 2 heterocycles. The van der Waals surface area contributed by atoms with Crippen molar-refractivity contribution in [3.8, 4) is 16.8 Å². The molecule has 0 aliphatic heterocycles. The Labute approximate surface area is 167 Å². The first-order valence-corrected chi connectivity index (χ1v) is 9.07. The predicted octanol–water partition coefficient (Wildman–Crippen LogP) is 3.96. The van der Waals surface area contributed by atoms with Crippen molar-refractivity contribution < 1.29 is 9.18 Å². The summed E-state index contributed by atoms with van der Waals surface area (Å²) < 4.78 is 15.7. The SMILES string of the molecule is CC(NC(=O)c1ccc(-n2cncn2)c(F)c1)c1ccc(-c2cccnc2)cc1. The summed E-state index contributed by atoms with van der Waals surface area (Å²) in [6.45, 7) is 1.89. The number of amides is 1. The molecule has 0 bridgehead atoms. The molecule has 4 aromatic rings. The van der Waals surface area contributed by atoms with Gasteiger partial charge in [0, 0.05) is 18.0 Å². The number of hydrogen-bond acceptors (Lipinski definition) is 4. The maximum atomic E-state index is 14.4. The molecule has 1 atom stereocenters. The lowest BCUT2D eigenvalue weighted by Gasteiger charge is -2.15. The van der Waals surface area contributed by atoms with Crippen molar-refractivity contribution in [2.45, 2.75) is 13.0 Å². The predicted molar refractivity (Wildman–Crippen MR) is 107 cm³/mol. The van der Waals surface area contributed by atoms with Gasteiger partial charge in [-0.1, -0.05) is 30.3 Å². The van der Waals surface area contributed by atoms with Gasteiger partial charge >= 0.3 is 0 Å². The summed E-state index contributed by atoms with van der Waals surface area (Å²) in [7, 11) is 0. The molecule has 0 aliphatic rings. The van der Waals surface area contributed by atoms with Gasteiger partial charge in [-0.25, -0.2) is 14.1 Å². The fraction of sp³-hybridized carbons (Fsp3) is 0.0909. The Morgan fingerprint density at radius 2 is 1.90 bits per heavy atom. The first kappa shape index (κ1) is 18.5. The van der Waals surface area contributed by atoms with E-state index in [1.54, 1.807) is 18.5 Å². The molecule has 4 rings (SSSR count). The number of nitrogens with one attached hydrogen (secondary N) is 1. The zero-order valence-electron chi connectivity index (χ0n) is 15.7. The molecule has 144 valence electrons. The number of benzene rings is 2. The van der Waals surface area contributed by atoms with Gasteiger partial charge in [-0.3, -0.25) is 9.78 Å². The zero-order chi connectivity index (χ0) is 20.2. The highest BCUT2D eigenvalue weighted by molar-refractivity contribution is 5.94.